The van der Waals surface area contributed by atoms with Gasteiger partial charge in [0.1, 0.15) is 5.75 Å². The standard InChI is InChI=1S/C25H33N3O2.C2H7N/c1-18-23(29-15-20-3-4-20)8-6-21-22(27-30-24(18)21)7-5-19-9-13-28(14-10-19)17-25(16-26)11-2-12-25;1-3-2/h6,8,19-20H,2-5,7,9-15,17H2,1H3;3H,1-2H3. The zero-order chi connectivity index (χ0) is 23.3. The maximum absolute atomic E-state index is 9.49. The van der Waals surface area contributed by atoms with Crippen molar-refractivity contribution in [2.75, 3.05) is 40.3 Å². The molecule has 0 atom stereocenters. The molecule has 2 aromatic rings. The van der Waals surface area contributed by atoms with Gasteiger partial charge in [-0.25, -0.2) is 0 Å². The van der Waals surface area contributed by atoms with E-state index in [1.54, 1.807) is 0 Å². The number of nitriles is 1. The Bertz CT molecular complexity index is 947. The minimum absolute atomic E-state index is 0.0362. The molecule has 33 heavy (non-hydrogen) atoms. The summed E-state index contributed by atoms with van der Waals surface area (Å²) in [6.07, 6.45) is 10.6. The molecule has 0 spiro atoms. The van der Waals surface area contributed by atoms with E-state index in [0.29, 0.717) is 0 Å². The molecule has 180 valence electrons. The highest BCUT2D eigenvalue weighted by Crippen LogP contribution is 2.41. The summed E-state index contributed by atoms with van der Waals surface area (Å²) < 4.78 is 11.7. The largest absolute Gasteiger partial charge is 0.493 e. The van der Waals surface area contributed by atoms with Crippen molar-refractivity contribution < 1.29 is 9.26 Å². The number of likely N-dealkylation sites (tertiary alicyclic amines) is 1. The molecule has 3 fully saturated rings. The Labute approximate surface area is 198 Å². The van der Waals surface area contributed by atoms with Crippen molar-refractivity contribution in [2.24, 2.45) is 17.3 Å². The van der Waals surface area contributed by atoms with Crippen molar-refractivity contribution in [3.05, 3.63) is 23.4 Å². The molecule has 0 bridgehead atoms. The normalized spacial score (nSPS) is 20.5. The number of hydrogen-bond donors (Lipinski definition) is 1. The summed E-state index contributed by atoms with van der Waals surface area (Å²) in [4.78, 5) is 2.52. The summed E-state index contributed by atoms with van der Waals surface area (Å²) in [7, 11) is 3.75. The number of benzene rings is 1. The molecule has 0 radical (unpaired) electrons. The molecule has 2 heterocycles. The number of ether oxygens (including phenoxy) is 1. The highest BCUT2D eigenvalue weighted by molar-refractivity contribution is 5.84. The fourth-order valence-electron chi connectivity index (χ4n) is 5.11. The zero-order valence-corrected chi connectivity index (χ0v) is 20.7. The number of nitrogens with one attached hydrogen (secondary N) is 1. The van der Waals surface area contributed by atoms with Crippen molar-refractivity contribution in [1.82, 2.24) is 15.4 Å². The Morgan fingerprint density at radius 1 is 1.18 bits per heavy atom. The summed E-state index contributed by atoms with van der Waals surface area (Å²) in [6, 6.07) is 6.80. The van der Waals surface area contributed by atoms with Gasteiger partial charge in [-0.05, 0) is 109 Å². The number of fused-ring (bicyclic) bond motifs is 1. The molecule has 6 nitrogen and oxygen atoms in total. The fraction of sp³-hybridized carbons (Fsp3) is 0.704. The molecule has 0 unspecified atom stereocenters. The monoisotopic (exact) mass is 452 g/mol. The van der Waals surface area contributed by atoms with Gasteiger partial charge in [0.25, 0.3) is 0 Å². The number of hydrogen-bond acceptors (Lipinski definition) is 6. The van der Waals surface area contributed by atoms with Crippen molar-refractivity contribution >= 4 is 11.0 Å². The molecule has 6 heteroatoms. The van der Waals surface area contributed by atoms with Crippen LogP contribution in [-0.4, -0.2) is 50.4 Å². The van der Waals surface area contributed by atoms with Crippen molar-refractivity contribution in [2.45, 2.75) is 64.7 Å². The Kier molecular flexibility index (Phi) is 7.93. The van der Waals surface area contributed by atoms with Crippen LogP contribution in [0.2, 0.25) is 0 Å². The lowest BCUT2D eigenvalue weighted by molar-refractivity contribution is 0.0895. The smallest absolute Gasteiger partial charge is 0.173 e. The molecule has 2 aliphatic carbocycles. The van der Waals surface area contributed by atoms with Crippen LogP contribution in [0.5, 0.6) is 5.75 Å². The Morgan fingerprint density at radius 2 is 1.91 bits per heavy atom. The second-order valence-corrected chi connectivity index (χ2v) is 10.5. The molecule has 3 aliphatic rings. The second-order valence-electron chi connectivity index (χ2n) is 10.5. The van der Waals surface area contributed by atoms with Crippen LogP contribution in [-0.2, 0) is 6.42 Å². The predicted octanol–water partition coefficient (Wildman–Crippen LogP) is 5.10. The van der Waals surface area contributed by atoms with Crippen molar-refractivity contribution in [1.29, 1.82) is 5.26 Å². The summed E-state index contributed by atoms with van der Waals surface area (Å²) >= 11 is 0. The first-order valence-electron chi connectivity index (χ1n) is 12.8. The highest BCUT2D eigenvalue weighted by atomic mass is 16.5. The van der Waals surface area contributed by atoms with Gasteiger partial charge in [0.15, 0.2) is 5.58 Å². The lowest BCUT2D eigenvalue weighted by Gasteiger charge is -2.42. The van der Waals surface area contributed by atoms with Crippen LogP contribution < -0.4 is 10.1 Å². The summed E-state index contributed by atoms with van der Waals surface area (Å²) in [5, 5.41) is 17.8. The maximum Gasteiger partial charge on any atom is 0.173 e. The molecule has 1 saturated heterocycles. The van der Waals surface area contributed by atoms with E-state index in [1.165, 1.54) is 32.1 Å². The van der Waals surface area contributed by atoms with Gasteiger partial charge in [0.05, 0.1) is 23.8 Å². The Balaban J connectivity index is 0.000000821. The van der Waals surface area contributed by atoms with E-state index in [2.05, 4.69) is 40.5 Å². The molecule has 1 aromatic carbocycles. The minimum Gasteiger partial charge on any atom is -0.493 e. The first kappa shape index (κ1) is 24.0. The van der Waals surface area contributed by atoms with Crippen molar-refractivity contribution in [3.63, 3.8) is 0 Å². The molecule has 2 saturated carbocycles. The molecule has 1 aliphatic heterocycles. The third kappa shape index (κ3) is 5.88. The van der Waals surface area contributed by atoms with Gasteiger partial charge in [-0.3, -0.25) is 0 Å². The van der Waals surface area contributed by atoms with E-state index in [4.69, 9.17) is 9.26 Å². The third-order valence-electron chi connectivity index (χ3n) is 7.66. The van der Waals surface area contributed by atoms with Gasteiger partial charge in [-0.2, -0.15) is 5.26 Å². The SMILES string of the molecule is CNC.Cc1c(OCC2CC2)ccc2c(CCC3CCN(CC4(C#N)CCC4)CC3)noc12. The third-order valence-corrected chi connectivity index (χ3v) is 7.66. The number of aryl methyl sites for hydroxylation is 2. The number of rotatable bonds is 8. The van der Waals surface area contributed by atoms with Crippen LogP contribution in [0.4, 0.5) is 0 Å². The van der Waals surface area contributed by atoms with Crippen LogP contribution in [0.1, 0.15) is 62.6 Å². The van der Waals surface area contributed by atoms with E-state index < -0.39 is 0 Å². The van der Waals surface area contributed by atoms with Gasteiger partial charge >= 0.3 is 0 Å². The van der Waals surface area contributed by atoms with Crippen LogP contribution in [0.25, 0.3) is 11.0 Å². The summed E-state index contributed by atoms with van der Waals surface area (Å²) in [6.45, 7) is 6.14. The molecular formula is C27H40N4O2. The van der Waals surface area contributed by atoms with E-state index >= 15 is 0 Å². The van der Waals surface area contributed by atoms with Crippen LogP contribution in [0, 0.1) is 35.5 Å². The lowest BCUT2D eigenvalue weighted by Crippen LogP contribution is -2.44. The zero-order valence-electron chi connectivity index (χ0n) is 20.7. The number of piperidine rings is 1. The van der Waals surface area contributed by atoms with Crippen LogP contribution in [0.15, 0.2) is 16.7 Å². The molecule has 5 rings (SSSR count). The molecule has 1 N–H and O–H groups in total. The van der Waals surface area contributed by atoms with Crippen LogP contribution >= 0.6 is 0 Å². The number of nitrogens with zero attached hydrogens (tertiary/aromatic N) is 3. The van der Waals surface area contributed by atoms with E-state index in [9.17, 15) is 5.26 Å². The maximum atomic E-state index is 9.49. The Morgan fingerprint density at radius 3 is 2.52 bits per heavy atom. The minimum atomic E-state index is -0.0362. The average molecular weight is 453 g/mol. The Hall–Kier alpha value is -2.10. The van der Waals surface area contributed by atoms with E-state index in [0.717, 1.165) is 91.7 Å². The first-order valence-corrected chi connectivity index (χ1v) is 12.8. The second kappa shape index (κ2) is 10.9. The average Bonchev–Trinajstić information content (AvgIpc) is 3.54. The van der Waals surface area contributed by atoms with Crippen molar-refractivity contribution in [3.8, 4) is 11.8 Å². The topological polar surface area (TPSA) is 74.3 Å². The first-order chi connectivity index (χ1) is 16.1. The van der Waals surface area contributed by atoms with Gasteiger partial charge in [-0.1, -0.05) is 11.6 Å². The van der Waals surface area contributed by atoms with Gasteiger partial charge in [0.2, 0.25) is 0 Å². The quantitative estimate of drug-likeness (QED) is 0.601. The van der Waals surface area contributed by atoms with E-state index in [-0.39, 0.29) is 5.41 Å². The lowest BCUT2D eigenvalue weighted by atomic mass is 9.69. The molecule has 0 amide bonds. The molecular weight excluding hydrogens is 412 g/mol. The number of aromatic nitrogens is 1. The molecule has 1 aromatic heterocycles. The van der Waals surface area contributed by atoms with Gasteiger partial charge in [-0.15, -0.1) is 0 Å². The van der Waals surface area contributed by atoms with Gasteiger partial charge in [0, 0.05) is 17.5 Å². The van der Waals surface area contributed by atoms with Gasteiger partial charge < -0.3 is 19.5 Å². The highest BCUT2D eigenvalue weighted by Gasteiger charge is 2.39. The predicted molar refractivity (Wildman–Crippen MR) is 131 cm³/mol. The van der Waals surface area contributed by atoms with E-state index in [1.807, 2.05) is 14.1 Å². The fourth-order valence-corrected chi connectivity index (χ4v) is 5.11. The van der Waals surface area contributed by atoms with Crippen LogP contribution in [0.3, 0.4) is 0 Å². The summed E-state index contributed by atoms with van der Waals surface area (Å²) in [5.74, 6) is 2.43. The summed E-state index contributed by atoms with van der Waals surface area (Å²) in [5.41, 5.74) is 3.01.